The Bertz CT molecular complexity index is 523. The van der Waals surface area contributed by atoms with Crippen molar-refractivity contribution in [3.05, 3.63) is 29.3 Å². The molecule has 5 heteroatoms. The van der Waals surface area contributed by atoms with Crippen LogP contribution in [0, 0.1) is 6.92 Å². The Hall–Kier alpha value is -1.75. The molecule has 1 aromatic carbocycles. The Morgan fingerprint density at radius 1 is 1.21 bits per heavy atom. The zero-order valence-electron chi connectivity index (χ0n) is 15.0. The zero-order valence-corrected chi connectivity index (χ0v) is 15.0. The van der Waals surface area contributed by atoms with Gasteiger partial charge in [0.2, 0.25) is 0 Å². The van der Waals surface area contributed by atoms with Crippen molar-refractivity contribution in [1.82, 2.24) is 5.32 Å². The monoisotopic (exact) mass is 333 g/mol. The molecule has 0 bridgehead atoms. The van der Waals surface area contributed by atoms with Crippen molar-refractivity contribution in [3.63, 3.8) is 0 Å². The standard InChI is InChI=1S/C19H31N3O2/c1-15-9-10-16(18(13-15)24-12-11-23-2)14-21-19(20)22-17-7-5-3-4-6-8-17/h9-10,13,17H,3-8,11-12,14H2,1-2H3,(H3,20,21,22). The summed E-state index contributed by atoms with van der Waals surface area (Å²) in [6.45, 7) is 3.68. The second kappa shape index (κ2) is 10.2. The molecule has 5 nitrogen and oxygen atoms in total. The molecule has 1 fully saturated rings. The molecule has 0 radical (unpaired) electrons. The van der Waals surface area contributed by atoms with Crippen LogP contribution in [0.4, 0.5) is 0 Å². The summed E-state index contributed by atoms with van der Waals surface area (Å²) in [5.74, 6) is 1.39. The van der Waals surface area contributed by atoms with Crippen molar-refractivity contribution in [1.29, 1.82) is 0 Å². The molecule has 1 aliphatic carbocycles. The van der Waals surface area contributed by atoms with Gasteiger partial charge in [-0.25, -0.2) is 4.99 Å². The van der Waals surface area contributed by atoms with Gasteiger partial charge < -0.3 is 20.5 Å². The minimum absolute atomic E-state index is 0.465. The molecule has 3 N–H and O–H groups in total. The van der Waals surface area contributed by atoms with Crippen molar-refractivity contribution >= 4 is 5.96 Å². The van der Waals surface area contributed by atoms with Gasteiger partial charge in [0.25, 0.3) is 0 Å². The Labute approximate surface area is 145 Å². The molecule has 0 unspecified atom stereocenters. The van der Waals surface area contributed by atoms with E-state index in [0.717, 1.165) is 11.3 Å². The third kappa shape index (κ3) is 6.40. The topological polar surface area (TPSA) is 68.9 Å². The summed E-state index contributed by atoms with van der Waals surface area (Å²) >= 11 is 0. The van der Waals surface area contributed by atoms with Crippen LogP contribution in [0.2, 0.25) is 0 Å². The highest BCUT2D eigenvalue weighted by molar-refractivity contribution is 5.78. The molecular weight excluding hydrogens is 302 g/mol. The summed E-state index contributed by atoms with van der Waals surface area (Å²) in [6.07, 6.45) is 7.60. The zero-order chi connectivity index (χ0) is 17.2. The van der Waals surface area contributed by atoms with Crippen molar-refractivity contribution < 1.29 is 9.47 Å². The van der Waals surface area contributed by atoms with Gasteiger partial charge in [-0.1, -0.05) is 37.8 Å². The molecule has 0 amide bonds. The lowest BCUT2D eigenvalue weighted by atomic mass is 10.1. The Morgan fingerprint density at radius 3 is 2.67 bits per heavy atom. The molecule has 24 heavy (non-hydrogen) atoms. The third-order valence-electron chi connectivity index (χ3n) is 4.39. The van der Waals surface area contributed by atoms with Crippen LogP contribution in [0.1, 0.15) is 49.7 Å². The summed E-state index contributed by atoms with van der Waals surface area (Å²) < 4.78 is 10.8. The van der Waals surface area contributed by atoms with E-state index < -0.39 is 0 Å². The molecule has 0 aliphatic heterocycles. The van der Waals surface area contributed by atoms with Gasteiger partial charge in [0.15, 0.2) is 5.96 Å². The second-order valence-corrected chi connectivity index (χ2v) is 6.49. The number of ether oxygens (including phenoxy) is 2. The largest absolute Gasteiger partial charge is 0.491 e. The van der Waals surface area contributed by atoms with Crippen LogP contribution in [0.15, 0.2) is 23.2 Å². The van der Waals surface area contributed by atoms with E-state index in [2.05, 4.69) is 29.4 Å². The number of hydrogen-bond donors (Lipinski definition) is 2. The Balaban J connectivity index is 1.93. The highest BCUT2D eigenvalue weighted by atomic mass is 16.5. The molecule has 0 aromatic heterocycles. The maximum Gasteiger partial charge on any atom is 0.189 e. The van der Waals surface area contributed by atoms with Gasteiger partial charge in [0, 0.05) is 18.7 Å². The van der Waals surface area contributed by atoms with E-state index in [-0.39, 0.29) is 0 Å². The number of nitrogens with zero attached hydrogens (tertiary/aromatic N) is 1. The molecule has 0 atom stereocenters. The van der Waals surface area contributed by atoms with E-state index in [1.807, 2.05) is 6.07 Å². The fourth-order valence-corrected chi connectivity index (χ4v) is 3.01. The van der Waals surface area contributed by atoms with Crippen molar-refractivity contribution in [2.75, 3.05) is 20.3 Å². The summed E-state index contributed by atoms with van der Waals surface area (Å²) in [7, 11) is 1.67. The van der Waals surface area contributed by atoms with Crippen LogP contribution in [0.25, 0.3) is 0 Å². The average molecular weight is 333 g/mol. The SMILES string of the molecule is COCCOc1cc(C)ccc1CN=C(N)NC1CCCCCC1. The first-order valence-corrected chi connectivity index (χ1v) is 8.96. The van der Waals surface area contributed by atoms with Crippen molar-refractivity contribution in [2.24, 2.45) is 10.7 Å². The minimum Gasteiger partial charge on any atom is -0.491 e. The number of rotatable bonds is 7. The van der Waals surface area contributed by atoms with Crippen molar-refractivity contribution in [2.45, 2.75) is 58.0 Å². The molecule has 1 aliphatic rings. The number of nitrogens with two attached hydrogens (primary N) is 1. The minimum atomic E-state index is 0.465. The number of hydrogen-bond acceptors (Lipinski definition) is 3. The van der Waals surface area contributed by atoms with Crippen LogP contribution < -0.4 is 15.8 Å². The summed E-state index contributed by atoms with van der Waals surface area (Å²) in [5.41, 5.74) is 8.29. The fourth-order valence-electron chi connectivity index (χ4n) is 3.01. The molecule has 0 saturated heterocycles. The summed E-state index contributed by atoms with van der Waals surface area (Å²) in [5, 5.41) is 3.38. The van der Waals surface area contributed by atoms with Crippen molar-refractivity contribution in [3.8, 4) is 5.75 Å². The Kier molecular flexibility index (Phi) is 7.89. The fraction of sp³-hybridized carbons (Fsp3) is 0.632. The molecule has 1 saturated carbocycles. The number of benzene rings is 1. The number of aryl methyl sites for hydroxylation is 1. The predicted molar refractivity (Wildman–Crippen MR) is 98.5 cm³/mol. The van der Waals surface area contributed by atoms with Crippen LogP contribution in [-0.2, 0) is 11.3 Å². The van der Waals surface area contributed by atoms with E-state index in [4.69, 9.17) is 15.2 Å². The summed E-state index contributed by atoms with van der Waals surface area (Å²) in [6, 6.07) is 6.63. The highest BCUT2D eigenvalue weighted by Gasteiger charge is 2.12. The van der Waals surface area contributed by atoms with Crippen LogP contribution in [0.3, 0.4) is 0 Å². The first-order valence-electron chi connectivity index (χ1n) is 8.96. The summed E-state index contributed by atoms with van der Waals surface area (Å²) in [4.78, 5) is 4.51. The molecule has 0 spiro atoms. The van der Waals surface area contributed by atoms with E-state index >= 15 is 0 Å². The lowest BCUT2D eigenvalue weighted by molar-refractivity contribution is 0.146. The number of nitrogens with one attached hydrogen (secondary N) is 1. The number of methoxy groups -OCH3 is 1. The third-order valence-corrected chi connectivity index (χ3v) is 4.39. The number of guanidine groups is 1. The molecule has 0 heterocycles. The van der Waals surface area contributed by atoms with Gasteiger partial charge in [-0.3, -0.25) is 0 Å². The predicted octanol–water partition coefficient (Wildman–Crippen LogP) is 3.15. The smallest absolute Gasteiger partial charge is 0.189 e. The van der Waals surface area contributed by atoms with Gasteiger partial charge in [-0.2, -0.15) is 0 Å². The van der Waals surface area contributed by atoms with E-state index in [1.54, 1.807) is 7.11 Å². The first-order chi connectivity index (χ1) is 11.7. The maximum atomic E-state index is 6.08. The molecule has 2 rings (SSSR count). The molecule has 134 valence electrons. The molecular formula is C19H31N3O2. The van der Waals surface area contributed by atoms with Gasteiger partial charge >= 0.3 is 0 Å². The highest BCUT2D eigenvalue weighted by Crippen LogP contribution is 2.21. The average Bonchev–Trinajstić information content (AvgIpc) is 2.83. The van der Waals surface area contributed by atoms with Gasteiger partial charge in [-0.15, -0.1) is 0 Å². The van der Waals surface area contributed by atoms with Crippen LogP contribution in [0.5, 0.6) is 5.75 Å². The maximum absolute atomic E-state index is 6.08. The number of aliphatic imine (C=N–C) groups is 1. The normalized spacial score (nSPS) is 16.7. The van der Waals surface area contributed by atoms with E-state index in [1.165, 1.54) is 44.1 Å². The first kappa shape index (κ1) is 18.6. The lowest BCUT2D eigenvalue weighted by Gasteiger charge is -2.17. The quantitative estimate of drug-likeness (QED) is 0.348. The van der Waals surface area contributed by atoms with Gasteiger partial charge in [0.05, 0.1) is 13.2 Å². The van der Waals surface area contributed by atoms with Gasteiger partial charge in [0.1, 0.15) is 12.4 Å². The van der Waals surface area contributed by atoms with E-state index in [0.29, 0.717) is 31.8 Å². The van der Waals surface area contributed by atoms with Gasteiger partial charge in [-0.05, 0) is 31.4 Å². The molecule has 1 aromatic rings. The van der Waals surface area contributed by atoms with Crippen LogP contribution in [-0.4, -0.2) is 32.3 Å². The second-order valence-electron chi connectivity index (χ2n) is 6.49. The van der Waals surface area contributed by atoms with E-state index in [9.17, 15) is 0 Å². The Morgan fingerprint density at radius 2 is 1.96 bits per heavy atom. The van der Waals surface area contributed by atoms with Crippen LogP contribution >= 0.6 is 0 Å². The lowest BCUT2D eigenvalue weighted by Crippen LogP contribution is -2.39.